The van der Waals surface area contributed by atoms with Crippen LogP contribution >= 0.6 is 0 Å². The number of nitrogens with zero attached hydrogens (tertiary/aromatic N) is 2. The van der Waals surface area contributed by atoms with Crippen molar-refractivity contribution in [3.63, 3.8) is 0 Å². The van der Waals surface area contributed by atoms with Gasteiger partial charge in [-0.2, -0.15) is 13.0 Å². The molecule has 4 aromatic rings. The summed E-state index contributed by atoms with van der Waals surface area (Å²) < 4.78 is 35.2. The molecule has 2 aliphatic heterocycles. The second-order valence-electron chi connectivity index (χ2n) is 13.9. The van der Waals surface area contributed by atoms with Crippen LogP contribution in [0.15, 0.2) is 120 Å². The number of rotatable bonds is 10. The monoisotopic (exact) mass is 675 g/mol. The van der Waals surface area contributed by atoms with Crippen molar-refractivity contribution in [1.82, 2.24) is 0 Å². The molecule has 0 aromatic heterocycles. The molecule has 2 N–H and O–H groups in total. The van der Waals surface area contributed by atoms with Crippen LogP contribution in [0.2, 0.25) is 0 Å². The zero-order valence-electron chi connectivity index (χ0n) is 28.6. The minimum Gasteiger partial charge on any atom is -0.481 e. The van der Waals surface area contributed by atoms with Gasteiger partial charge in [0.25, 0.3) is 10.1 Å². The third-order valence-corrected chi connectivity index (χ3v) is 10.8. The number of aliphatic carboxylic acids is 1. The first-order valence-electron chi connectivity index (χ1n) is 16.6. The first-order valence-corrected chi connectivity index (χ1v) is 18.1. The fourth-order valence-electron chi connectivity index (χ4n) is 7.70. The van der Waals surface area contributed by atoms with Crippen molar-refractivity contribution in [1.29, 1.82) is 0 Å². The second kappa shape index (κ2) is 12.9. The highest BCUT2D eigenvalue weighted by atomic mass is 32.2. The van der Waals surface area contributed by atoms with Crippen molar-refractivity contribution >= 4 is 54.7 Å². The lowest BCUT2D eigenvalue weighted by Gasteiger charge is -2.27. The third kappa shape index (κ3) is 6.27. The maximum Gasteiger partial charge on any atom is 0.303 e. The van der Waals surface area contributed by atoms with Gasteiger partial charge in [-0.25, -0.2) is 0 Å². The van der Waals surface area contributed by atoms with Crippen molar-refractivity contribution in [2.45, 2.75) is 62.7 Å². The van der Waals surface area contributed by atoms with Gasteiger partial charge in [0.1, 0.15) is 7.05 Å². The van der Waals surface area contributed by atoms with Crippen LogP contribution in [0.1, 0.15) is 58.1 Å². The molecule has 7 nitrogen and oxygen atoms in total. The Bertz CT molecular complexity index is 2250. The fraction of sp³-hybridized carbons (Fsp3) is 0.268. The van der Waals surface area contributed by atoms with E-state index in [2.05, 4.69) is 91.8 Å². The summed E-state index contributed by atoms with van der Waals surface area (Å²) in [7, 11) is -2.24. The number of hydrogen-bond donors (Lipinski definition) is 2. The van der Waals surface area contributed by atoms with E-state index in [1.165, 1.54) is 39.9 Å². The highest BCUT2D eigenvalue weighted by molar-refractivity contribution is 7.85. The van der Waals surface area contributed by atoms with Crippen LogP contribution in [0.5, 0.6) is 0 Å². The van der Waals surface area contributed by atoms with Crippen LogP contribution in [0, 0.1) is 0 Å². The molecule has 2 aliphatic rings. The molecule has 4 aromatic carbocycles. The molecule has 0 fully saturated rings. The highest BCUT2D eigenvalue weighted by Crippen LogP contribution is 2.51. The van der Waals surface area contributed by atoms with Crippen LogP contribution in [0.25, 0.3) is 21.5 Å². The zero-order valence-corrected chi connectivity index (χ0v) is 29.5. The molecule has 0 unspecified atom stereocenters. The molecular formula is C41H43N2O5S+. The first kappa shape index (κ1) is 34.1. The van der Waals surface area contributed by atoms with E-state index >= 15 is 0 Å². The van der Waals surface area contributed by atoms with E-state index in [-0.39, 0.29) is 22.1 Å². The average Bonchev–Trinajstić information content (AvgIpc) is 3.39. The maximum atomic E-state index is 11.7. The van der Waals surface area contributed by atoms with Crippen molar-refractivity contribution < 1.29 is 27.4 Å². The lowest BCUT2D eigenvalue weighted by Crippen LogP contribution is -2.27. The summed E-state index contributed by atoms with van der Waals surface area (Å²) in [5.74, 6) is -0.760. The topological polar surface area (TPSA) is 97.9 Å². The van der Waals surface area contributed by atoms with E-state index in [1.54, 1.807) is 6.07 Å². The minimum absolute atomic E-state index is 0.111. The zero-order chi connectivity index (χ0) is 35.1. The van der Waals surface area contributed by atoms with Gasteiger partial charge in [-0.15, -0.1) is 0 Å². The minimum atomic E-state index is -4.29. The van der Waals surface area contributed by atoms with E-state index in [9.17, 15) is 17.8 Å². The molecule has 0 saturated carbocycles. The number of fused-ring (bicyclic) bond motifs is 6. The molecular weight excluding hydrogens is 633 g/mol. The van der Waals surface area contributed by atoms with E-state index < -0.39 is 16.1 Å². The Kier molecular flexibility index (Phi) is 8.98. The van der Waals surface area contributed by atoms with E-state index in [0.717, 1.165) is 40.7 Å². The third-order valence-electron chi connectivity index (χ3n) is 9.98. The van der Waals surface area contributed by atoms with Crippen molar-refractivity contribution in [3.8, 4) is 0 Å². The van der Waals surface area contributed by atoms with Gasteiger partial charge >= 0.3 is 5.97 Å². The lowest BCUT2D eigenvalue weighted by atomic mass is 9.79. The molecule has 2 heterocycles. The highest BCUT2D eigenvalue weighted by Gasteiger charge is 2.44. The number of allylic oxidation sites excluding steroid dienone is 8. The molecule has 0 spiro atoms. The van der Waals surface area contributed by atoms with Gasteiger partial charge in [0.2, 0.25) is 5.69 Å². The SMILES string of the molecule is C[N+]1=C(/C=C/C=C/C=C/C=C2/N(CCCCC(=O)O)c3ccc4ccccc4c3C2(C)C)C(C)(C)c2c1ccc1cc(S(=O)(=O)O)ccc21. The Morgan fingerprint density at radius 3 is 2.27 bits per heavy atom. The number of benzene rings is 4. The van der Waals surface area contributed by atoms with E-state index in [0.29, 0.717) is 6.42 Å². The van der Waals surface area contributed by atoms with Crippen molar-refractivity contribution in [2.75, 3.05) is 18.5 Å². The molecule has 49 heavy (non-hydrogen) atoms. The maximum absolute atomic E-state index is 11.7. The summed E-state index contributed by atoms with van der Waals surface area (Å²) >= 11 is 0. The molecule has 0 radical (unpaired) electrons. The molecule has 0 atom stereocenters. The molecule has 0 amide bonds. The van der Waals surface area contributed by atoms with Crippen molar-refractivity contribution in [3.05, 3.63) is 126 Å². The van der Waals surface area contributed by atoms with Crippen LogP contribution in [-0.2, 0) is 25.7 Å². The van der Waals surface area contributed by atoms with Crippen LogP contribution in [0.3, 0.4) is 0 Å². The molecule has 6 rings (SSSR count). The Balaban J connectivity index is 1.23. The lowest BCUT2D eigenvalue weighted by molar-refractivity contribution is -0.401. The molecule has 8 heteroatoms. The predicted octanol–water partition coefficient (Wildman–Crippen LogP) is 8.85. The van der Waals surface area contributed by atoms with Gasteiger partial charge in [0.15, 0.2) is 5.71 Å². The summed E-state index contributed by atoms with van der Waals surface area (Å²) in [6.07, 6.45) is 16.0. The molecule has 252 valence electrons. The Morgan fingerprint density at radius 1 is 0.816 bits per heavy atom. The van der Waals surface area contributed by atoms with Gasteiger partial charge in [0, 0.05) is 47.5 Å². The smallest absolute Gasteiger partial charge is 0.303 e. The van der Waals surface area contributed by atoms with Crippen LogP contribution < -0.4 is 4.90 Å². The summed E-state index contributed by atoms with van der Waals surface area (Å²) in [5.41, 5.74) is 6.39. The first-order chi connectivity index (χ1) is 23.2. The van der Waals surface area contributed by atoms with E-state index in [4.69, 9.17) is 5.11 Å². The largest absolute Gasteiger partial charge is 0.481 e. The summed E-state index contributed by atoms with van der Waals surface area (Å²) in [6.45, 7) is 9.61. The van der Waals surface area contributed by atoms with Gasteiger partial charge in [-0.1, -0.05) is 80.6 Å². The predicted molar refractivity (Wildman–Crippen MR) is 199 cm³/mol. The van der Waals surface area contributed by atoms with Gasteiger partial charge in [-0.05, 0) is 84.1 Å². The van der Waals surface area contributed by atoms with Crippen LogP contribution in [0.4, 0.5) is 11.4 Å². The van der Waals surface area contributed by atoms with Gasteiger partial charge < -0.3 is 10.0 Å². The molecule has 0 bridgehead atoms. The number of unbranched alkanes of at least 4 members (excludes halogenated alkanes) is 1. The molecule has 0 aliphatic carbocycles. The summed E-state index contributed by atoms with van der Waals surface area (Å²) in [6, 6.07) is 21.5. The number of carbonyl (C=O) groups is 1. The number of anilines is 1. The standard InChI is InChI=1S/C41H42N2O5S/c1-40(2)35(42(5)33-24-21-29-27-30(49(46,47)48)22-23-32(29)38(33)40)17-9-7-6-8-10-18-36-41(3,4)39-31-16-12-11-15-28(31)20-25-34(39)43(36)26-14-13-19-37(44)45/h6-12,15-18,20-25,27H,13-14,19,26H2,1-5H3,(H-,44,45,46,47,48)/p+1. The van der Waals surface area contributed by atoms with E-state index in [1.807, 2.05) is 43.5 Å². The summed E-state index contributed by atoms with van der Waals surface area (Å²) in [4.78, 5) is 13.4. The van der Waals surface area contributed by atoms with Gasteiger partial charge in [-0.3, -0.25) is 9.35 Å². The van der Waals surface area contributed by atoms with Crippen LogP contribution in [-0.4, -0.2) is 47.9 Å². The number of carboxylic acids is 1. The number of carboxylic acid groups (broad SMARTS) is 1. The normalized spacial score (nSPS) is 17.8. The number of hydrogen-bond acceptors (Lipinski definition) is 4. The Hall–Kier alpha value is -4.79. The Labute approximate surface area is 288 Å². The average molecular weight is 676 g/mol. The second-order valence-corrected chi connectivity index (χ2v) is 15.3. The molecule has 0 saturated heterocycles. The summed E-state index contributed by atoms with van der Waals surface area (Å²) in [5, 5.41) is 13.3. The fourth-order valence-corrected chi connectivity index (χ4v) is 8.21. The Morgan fingerprint density at radius 2 is 1.51 bits per heavy atom. The van der Waals surface area contributed by atoms with Crippen molar-refractivity contribution in [2.24, 2.45) is 0 Å². The van der Waals surface area contributed by atoms with Gasteiger partial charge in [0.05, 0.1) is 10.3 Å². The quantitative estimate of drug-likeness (QED) is 0.0755.